The van der Waals surface area contributed by atoms with E-state index >= 15 is 0 Å². The van der Waals surface area contributed by atoms with E-state index in [0.29, 0.717) is 6.54 Å². The second-order valence-corrected chi connectivity index (χ2v) is 8.09. The highest BCUT2D eigenvalue weighted by Crippen LogP contribution is 2.23. The molecule has 0 saturated heterocycles. The van der Waals surface area contributed by atoms with Crippen molar-refractivity contribution >= 4 is 23.2 Å². The monoisotopic (exact) mass is 424 g/mol. The van der Waals surface area contributed by atoms with E-state index in [9.17, 15) is 4.79 Å². The van der Waals surface area contributed by atoms with Crippen LogP contribution >= 0.6 is 11.8 Å². The molecule has 0 bridgehead atoms. The Kier molecular flexibility index (Phi) is 11.4. The molecule has 0 spiro atoms. The van der Waals surface area contributed by atoms with Gasteiger partial charge in [0.1, 0.15) is 5.75 Å². The van der Waals surface area contributed by atoms with Crippen molar-refractivity contribution in [1.29, 1.82) is 0 Å². The second kappa shape index (κ2) is 14.5. The molecule has 1 aromatic carbocycles. The van der Waals surface area contributed by atoms with Gasteiger partial charge in [-0.1, -0.05) is 44.1 Å². The number of aromatic nitrogens is 1. The summed E-state index contributed by atoms with van der Waals surface area (Å²) in [5.41, 5.74) is 2.41. The molecule has 0 aliphatic carbocycles. The number of thioether (sulfide) groups is 1. The van der Waals surface area contributed by atoms with Crippen molar-refractivity contribution < 1.29 is 9.53 Å². The molecule has 1 amide bonds. The Bertz CT molecular complexity index is 802. The number of amides is 1. The third kappa shape index (κ3) is 9.31. The predicted octanol–water partition coefficient (Wildman–Crippen LogP) is 5.91. The second-order valence-electron chi connectivity index (χ2n) is 6.92. The van der Waals surface area contributed by atoms with Crippen LogP contribution in [0.4, 0.5) is 0 Å². The summed E-state index contributed by atoms with van der Waals surface area (Å²) in [7, 11) is 1.67. The molecule has 1 heterocycles. The first kappa shape index (κ1) is 23.7. The quantitative estimate of drug-likeness (QED) is 0.188. The fraction of sp³-hybridized carbons (Fsp3) is 0.360. The number of benzene rings is 1. The highest BCUT2D eigenvalue weighted by molar-refractivity contribution is 7.99. The van der Waals surface area contributed by atoms with Crippen LogP contribution in [-0.2, 0) is 4.79 Å². The van der Waals surface area contributed by atoms with E-state index in [1.54, 1.807) is 31.1 Å². The van der Waals surface area contributed by atoms with Gasteiger partial charge in [-0.3, -0.25) is 9.78 Å². The van der Waals surface area contributed by atoms with E-state index in [4.69, 9.17) is 4.74 Å². The Morgan fingerprint density at radius 1 is 1.17 bits per heavy atom. The Hall–Kier alpha value is -2.53. The highest BCUT2D eigenvalue weighted by atomic mass is 32.2. The Morgan fingerprint density at radius 3 is 2.70 bits per heavy atom. The minimum absolute atomic E-state index is 0.0553. The summed E-state index contributed by atoms with van der Waals surface area (Å²) in [6, 6.07) is 12.1. The zero-order valence-corrected chi connectivity index (χ0v) is 18.8. The molecule has 0 fully saturated rings. The van der Waals surface area contributed by atoms with E-state index in [1.165, 1.54) is 24.0 Å². The smallest absolute Gasteiger partial charge is 0.243 e. The van der Waals surface area contributed by atoms with Crippen molar-refractivity contribution in [2.45, 2.75) is 43.9 Å². The summed E-state index contributed by atoms with van der Waals surface area (Å²) in [5, 5.41) is 2.95. The summed E-state index contributed by atoms with van der Waals surface area (Å²) >= 11 is 1.75. The molecule has 30 heavy (non-hydrogen) atoms. The van der Waals surface area contributed by atoms with E-state index in [0.717, 1.165) is 35.7 Å². The fourth-order valence-electron chi connectivity index (χ4n) is 2.91. The molecule has 0 radical (unpaired) electrons. The predicted molar refractivity (Wildman–Crippen MR) is 127 cm³/mol. The number of pyridine rings is 1. The molecule has 5 heteroatoms. The first-order valence-electron chi connectivity index (χ1n) is 10.5. The van der Waals surface area contributed by atoms with Gasteiger partial charge in [0.15, 0.2) is 0 Å². The summed E-state index contributed by atoms with van der Waals surface area (Å²) < 4.78 is 5.25. The molecule has 160 valence electrons. The minimum atomic E-state index is -0.0553. The lowest BCUT2D eigenvalue weighted by atomic mass is 9.99. The number of nitrogens with zero attached hydrogens (tertiary/aromatic N) is 1. The number of carbonyl (C=O) groups excluding carboxylic acids is 1. The average Bonchev–Trinajstić information content (AvgIpc) is 2.79. The Morgan fingerprint density at radius 2 is 2.00 bits per heavy atom. The standard InChI is InChI=1S/C25H32N2O2S/c1-3-4-5-9-21(22-13-15-23(29-2)16-14-22)10-6-12-25(28)27-18-8-19-30-24-11-7-17-26-20-24/h6-7,10-17,20H,3-5,8-9,18-19H2,1-2H3,(H,27,28). The van der Waals surface area contributed by atoms with Crippen LogP contribution < -0.4 is 10.1 Å². The van der Waals surface area contributed by atoms with Gasteiger partial charge in [0, 0.05) is 29.9 Å². The van der Waals surface area contributed by atoms with Crippen LogP contribution in [-0.4, -0.2) is 30.3 Å². The Balaban J connectivity index is 1.80. The van der Waals surface area contributed by atoms with Crippen LogP contribution in [0.25, 0.3) is 5.57 Å². The van der Waals surface area contributed by atoms with Gasteiger partial charge < -0.3 is 10.1 Å². The number of ether oxygens (including phenoxy) is 1. The minimum Gasteiger partial charge on any atom is -0.497 e. The number of allylic oxidation sites excluding steroid dienone is 3. The number of methoxy groups -OCH3 is 1. The van der Waals surface area contributed by atoms with Crippen LogP contribution in [0.2, 0.25) is 0 Å². The summed E-state index contributed by atoms with van der Waals surface area (Å²) in [6.45, 7) is 2.87. The molecule has 0 unspecified atom stereocenters. The van der Waals surface area contributed by atoms with E-state index in [1.807, 2.05) is 36.5 Å². The Labute approximate surface area is 184 Å². The van der Waals surface area contributed by atoms with Crippen LogP contribution in [0.15, 0.2) is 71.9 Å². The molecule has 1 N–H and O–H groups in total. The van der Waals surface area contributed by atoms with Gasteiger partial charge in [-0.2, -0.15) is 0 Å². The molecule has 1 aromatic heterocycles. The molecular formula is C25H32N2O2S. The third-order valence-corrected chi connectivity index (χ3v) is 5.65. The molecule has 0 aliphatic rings. The number of unbranched alkanes of at least 4 members (excludes halogenated alkanes) is 2. The van der Waals surface area contributed by atoms with Gasteiger partial charge >= 0.3 is 0 Å². The topological polar surface area (TPSA) is 51.2 Å². The first-order chi connectivity index (χ1) is 14.7. The zero-order chi connectivity index (χ0) is 21.4. The van der Waals surface area contributed by atoms with E-state index < -0.39 is 0 Å². The lowest BCUT2D eigenvalue weighted by molar-refractivity contribution is -0.116. The van der Waals surface area contributed by atoms with E-state index in [2.05, 4.69) is 35.4 Å². The summed E-state index contributed by atoms with van der Waals surface area (Å²) in [4.78, 5) is 17.3. The molecule has 2 rings (SSSR count). The maximum Gasteiger partial charge on any atom is 0.243 e. The number of nitrogens with one attached hydrogen (secondary N) is 1. The molecular weight excluding hydrogens is 392 g/mol. The average molecular weight is 425 g/mol. The van der Waals surface area contributed by atoms with Crippen LogP contribution in [0.5, 0.6) is 5.75 Å². The normalized spacial score (nSPS) is 11.6. The molecule has 0 saturated carbocycles. The van der Waals surface area contributed by atoms with Gasteiger partial charge in [-0.05, 0) is 60.4 Å². The van der Waals surface area contributed by atoms with E-state index in [-0.39, 0.29) is 5.91 Å². The van der Waals surface area contributed by atoms with Crippen LogP contribution in [0, 0.1) is 0 Å². The lowest BCUT2D eigenvalue weighted by Gasteiger charge is -2.08. The largest absolute Gasteiger partial charge is 0.497 e. The van der Waals surface area contributed by atoms with Crippen molar-refractivity contribution in [3.63, 3.8) is 0 Å². The van der Waals surface area contributed by atoms with Gasteiger partial charge in [0.05, 0.1) is 7.11 Å². The summed E-state index contributed by atoms with van der Waals surface area (Å²) in [5.74, 6) is 1.75. The van der Waals surface area contributed by atoms with Crippen molar-refractivity contribution in [3.05, 3.63) is 72.6 Å². The van der Waals surface area contributed by atoms with Crippen molar-refractivity contribution in [2.75, 3.05) is 19.4 Å². The first-order valence-corrected chi connectivity index (χ1v) is 11.5. The van der Waals surface area contributed by atoms with Crippen LogP contribution in [0.1, 0.15) is 44.6 Å². The SMILES string of the molecule is CCCCCC(=CC=CC(=O)NCCCSc1cccnc1)c1ccc(OC)cc1. The number of hydrogen-bond acceptors (Lipinski definition) is 4. The van der Waals surface area contributed by atoms with Crippen molar-refractivity contribution in [2.24, 2.45) is 0 Å². The number of rotatable bonds is 13. The van der Waals surface area contributed by atoms with Gasteiger partial charge in [0.25, 0.3) is 0 Å². The van der Waals surface area contributed by atoms with Crippen molar-refractivity contribution in [1.82, 2.24) is 10.3 Å². The maximum absolute atomic E-state index is 12.1. The third-order valence-electron chi connectivity index (χ3n) is 4.58. The molecule has 0 atom stereocenters. The highest BCUT2D eigenvalue weighted by Gasteiger charge is 2.02. The van der Waals surface area contributed by atoms with Gasteiger partial charge in [-0.15, -0.1) is 11.8 Å². The zero-order valence-electron chi connectivity index (χ0n) is 18.0. The number of carbonyl (C=O) groups is 1. The molecule has 0 aliphatic heterocycles. The summed E-state index contributed by atoms with van der Waals surface area (Å²) in [6.07, 6.45) is 14.6. The van der Waals surface area contributed by atoms with Crippen molar-refractivity contribution in [3.8, 4) is 5.75 Å². The van der Waals surface area contributed by atoms with Gasteiger partial charge in [-0.25, -0.2) is 0 Å². The molecule has 4 nitrogen and oxygen atoms in total. The maximum atomic E-state index is 12.1. The van der Waals surface area contributed by atoms with Crippen LogP contribution in [0.3, 0.4) is 0 Å². The lowest BCUT2D eigenvalue weighted by Crippen LogP contribution is -2.22. The number of hydrogen-bond donors (Lipinski definition) is 1. The molecule has 2 aromatic rings. The fourth-order valence-corrected chi connectivity index (χ4v) is 3.75. The van der Waals surface area contributed by atoms with Gasteiger partial charge in [0.2, 0.25) is 5.91 Å².